The summed E-state index contributed by atoms with van der Waals surface area (Å²) in [5.74, 6) is -1.06. The normalized spacial score (nSPS) is 10.8. The van der Waals surface area contributed by atoms with Gasteiger partial charge in [0.25, 0.3) is 0 Å². The predicted molar refractivity (Wildman–Crippen MR) is 43.3 cm³/mol. The molecule has 0 aliphatic heterocycles. The van der Waals surface area contributed by atoms with E-state index < -0.39 is 5.97 Å². The molecule has 0 unspecified atom stereocenters. The summed E-state index contributed by atoms with van der Waals surface area (Å²) >= 11 is 0. The third-order valence-electron chi connectivity index (χ3n) is 1.08. The molecule has 0 fully saturated rings. The van der Waals surface area contributed by atoms with Gasteiger partial charge in [0.1, 0.15) is 5.71 Å². The Kier molecular flexibility index (Phi) is 8.30. The van der Waals surface area contributed by atoms with Crippen molar-refractivity contribution in [1.82, 2.24) is 5.43 Å². The van der Waals surface area contributed by atoms with Crippen LogP contribution in [0.1, 0.15) is 13.8 Å². The van der Waals surface area contributed by atoms with Crippen LogP contribution in [0.5, 0.6) is 0 Å². The van der Waals surface area contributed by atoms with E-state index in [0.717, 1.165) is 0 Å². The summed E-state index contributed by atoms with van der Waals surface area (Å²) in [4.78, 5) is 10.5. The van der Waals surface area contributed by atoms with Crippen molar-refractivity contribution in [3.05, 3.63) is 6.92 Å². The summed E-state index contributed by atoms with van der Waals surface area (Å²) in [7, 11) is 0. The van der Waals surface area contributed by atoms with Gasteiger partial charge in [0.2, 0.25) is 0 Å². The molecule has 2 N–H and O–H groups in total. The zero-order valence-electron chi connectivity index (χ0n) is 7.13. The molecule has 0 amide bonds. The summed E-state index contributed by atoms with van der Waals surface area (Å²) in [6, 6.07) is 0. The van der Waals surface area contributed by atoms with E-state index in [1.54, 1.807) is 13.8 Å². The van der Waals surface area contributed by atoms with E-state index in [-0.39, 0.29) is 28.4 Å². The SMILES string of the molecule is [CH2-]CN/N=C(\C(=O)O)C(C)C.[Co]. The summed E-state index contributed by atoms with van der Waals surface area (Å²) in [6.45, 7) is 7.41. The van der Waals surface area contributed by atoms with Gasteiger partial charge in [-0.3, -0.25) is 0 Å². The van der Waals surface area contributed by atoms with Gasteiger partial charge in [0, 0.05) is 22.7 Å². The van der Waals surface area contributed by atoms with Crippen molar-refractivity contribution in [1.29, 1.82) is 0 Å². The molecule has 4 nitrogen and oxygen atoms in total. The van der Waals surface area contributed by atoms with Gasteiger partial charge in [-0.2, -0.15) is 5.10 Å². The topological polar surface area (TPSA) is 61.7 Å². The Morgan fingerprint density at radius 1 is 1.67 bits per heavy atom. The quantitative estimate of drug-likeness (QED) is 0.408. The minimum atomic E-state index is -0.985. The van der Waals surface area contributed by atoms with Gasteiger partial charge in [-0.15, -0.1) is 0 Å². The molecule has 0 saturated heterocycles. The number of rotatable bonds is 4. The first-order chi connectivity index (χ1) is 5.09. The van der Waals surface area contributed by atoms with Crippen molar-refractivity contribution in [3.8, 4) is 0 Å². The Hall–Kier alpha value is -0.554. The van der Waals surface area contributed by atoms with E-state index >= 15 is 0 Å². The second kappa shape index (κ2) is 7.11. The first-order valence-corrected chi connectivity index (χ1v) is 3.42. The maximum Gasteiger partial charge on any atom is 0.352 e. The van der Waals surface area contributed by atoms with Crippen LogP contribution < -0.4 is 5.43 Å². The molecule has 0 aromatic carbocycles. The number of aliphatic carboxylic acids is 1. The molecule has 0 rings (SSSR count). The van der Waals surface area contributed by atoms with Crippen molar-refractivity contribution in [2.45, 2.75) is 13.8 Å². The molecule has 0 spiro atoms. The molecule has 12 heavy (non-hydrogen) atoms. The number of carboxylic acids is 1. The van der Waals surface area contributed by atoms with E-state index in [0.29, 0.717) is 6.54 Å². The third kappa shape index (κ3) is 5.14. The van der Waals surface area contributed by atoms with Crippen LogP contribution in [0, 0.1) is 12.8 Å². The van der Waals surface area contributed by atoms with Gasteiger partial charge in [-0.05, 0) is 0 Å². The number of hydrogen-bond donors (Lipinski definition) is 2. The third-order valence-corrected chi connectivity index (χ3v) is 1.08. The number of carboxylic acid groups (broad SMARTS) is 1. The number of nitrogens with one attached hydrogen (secondary N) is 1. The molecular weight excluding hydrogens is 203 g/mol. The fraction of sp³-hybridized carbons (Fsp3) is 0.571. The van der Waals surface area contributed by atoms with E-state index in [9.17, 15) is 4.79 Å². The number of hydrazone groups is 1. The zero-order chi connectivity index (χ0) is 8.85. The van der Waals surface area contributed by atoms with Crippen LogP contribution in [-0.4, -0.2) is 23.3 Å². The van der Waals surface area contributed by atoms with E-state index in [2.05, 4.69) is 17.5 Å². The maximum atomic E-state index is 10.5. The van der Waals surface area contributed by atoms with Gasteiger partial charge in [0.05, 0.1) is 0 Å². The molecule has 0 bridgehead atoms. The van der Waals surface area contributed by atoms with Gasteiger partial charge in [0.15, 0.2) is 0 Å². The second-order valence-corrected chi connectivity index (χ2v) is 2.37. The molecule has 0 aromatic heterocycles. The van der Waals surface area contributed by atoms with Crippen LogP contribution in [0.25, 0.3) is 0 Å². The van der Waals surface area contributed by atoms with Gasteiger partial charge < -0.3 is 17.5 Å². The van der Waals surface area contributed by atoms with Gasteiger partial charge in [-0.1, -0.05) is 20.4 Å². The Morgan fingerprint density at radius 3 is 2.42 bits per heavy atom. The van der Waals surface area contributed by atoms with Crippen LogP contribution in [-0.2, 0) is 21.6 Å². The summed E-state index contributed by atoms with van der Waals surface area (Å²) in [5, 5.41) is 12.2. The average molecular weight is 216 g/mol. The fourth-order valence-electron chi connectivity index (χ4n) is 0.565. The molecule has 0 aliphatic carbocycles. The number of nitrogens with zero attached hydrogens (tertiary/aromatic N) is 1. The smallest absolute Gasteiger partial charge is 0.352 e. The Balaban J connectivity index is 0. The zero-order valence-corrected chi connectivity index (χ0v) is 8.17. The summed E-state index contributed by atoms with van der Waals surface area (Å²) in [5.41, 5.74) is 2.64. The van der Waals surface area contributed by atoms with Crippen LogP contribution in [0.4, 0.5) is 0 Å². The van der Waals surface area contributed by atoms with Crippen LogP contribution in [0.3, 0.4) is 0 Å². The molecule has 0 aliphatic rings. The van der Waals surface area contributed by atoms with Crippen LogP contribution >= 0.6 is 0 Å². The average Bonchev–Trinajstić information content (AvgIpc) is 1.87. The van der Waals surface area contributed by atoms with Crippen molar-refractivity contribution >= 4 is 11.7 Å². The maximum absolute atomic E-state index is 10.5. The Labute approximate surface area is 82.6 Å². The molecular formula is C7H13CoN2O2-. The van der Waals surface area contributed by atoms with Crippen LogP contribution in [0.2, 0.25) is 0 Å². The van der Waals surface area contributed by atoms with E-state index in [1.807, 2.05) is 0 Å². The Morgan fingerprint density at radius 2 is 2.17 bits per heavy atom. The number of carbonyl (C=O) groups is 1. The van der Waals surface area contributed by atoms with Crippen molar-refractivity contribution in [2.24, 2.45) is 11.0 Å². The minimum Gasteiger partial charge on any atom is -0.477 e. The Bertz CT molecular complexity index is 169. The summed E-state index contributed by atoms with van der Waals surface area (Å²) < 4.78 is 0. The standard InChI is InChI=1S/C7H13N2O2.Co/c1-4-8-9-6(5(2)3)7(10)11;/h5,8H,1,4H2,2-3H3,(H,10,11);/q-1;/b9-6-;. The number of hydrogen-bond acceptors (Lipinski definition) is 3. The van der Waals surface area contributed by atoms with Gasteiger partial charge >= 0.3 is 5.97 Å². The van der Waals surface area contributed by atoms with Crippen molar-refractivity contribution < 1.29 is 26.7 Å². The second-order valence-electron chi connectivity index (χ2n) is 2.37. The first-order valence-electron chi connectivity index (χ1n) is 3.42. The summed E-state index contributed by atoms with van der Waals surface area (Å²) in [6.07, 6.45) is 0. The van der Waals surface area contributed by atoms with Crippen molar-refractivity contribution in [3.63, 3.8) is 0 Å². The molecule has 1 radical (unpaired) electrons. The monoisotopic (exact) mass is 216 g/mol. The van der Waals surface area contributed by atoms with Crippen molar-refractivity contribution in [2.75, 3.05) is 6.54 Å². The minimum absolute atomic E-state index is 0. The molecule has 73 valence electrons. The fourth-order valence-corrected chi connectivity index (χ4v) is 0.565. The van der Waals surface area contributed by atoms with E-state index in [1.165, 1.54) is 0 Å². The predicted octanol–water partition coefficient (Wildman–Crippen LogP) is 0.504. The molecule has 0 heterocycles. The van der Waals surface area contributed by atoms with E-state index in [4.69, 9.17) is 5.11 Å². The van der Waals surface area contributed by atoms with Gasteiger partial charge in [-0.25, -0.2) is 4.79 Å². The largest absolute Gasteiger partial charge is 0.477 e. The first kappa shape index (κ1) is 14.0. The molecule has 0 saturated carbocycles. The molecule has 5 heteroatoms. The molecule has 0 aromatic rings. The molecule has 0 atom stereocenters. The van der Waals surface area contributed by atoms with Crippen LogP contribution in [0.15, 0.2) is 5.10 Å².